The lowest BCUT2D eigenvalue weighted by Crippen LogP contribution is -2.39. The van der Waals surface area contributed by atoms with Crippen LogP contribution in [-0.2, 0) is 11.3 Å². The molecule has 0 saturated heterocycles. The second-order valence-electron chi connectivity index (χ2n) is 2.24. The number of hydrogen-bond acceptors (Lipinski definition) is 2. The van der Waals surface area contributed by atoms with Gasteiger partial charge >= 0.3 is 6.09 Å². The molecule has 0 aliphatic heterocycles. The number of carbonyl (C=O) groups is 2. The Morgan fingerprint density at radius 2 is 2.25 bits per heavy atom. The number of nitrogens with zero attached hydrogens (tertiary/aromatic N) is 2. The monoisotopic (exact) mass is 170 g/mol. The van der Waals surface area contributed by atoms with Crippen LogP contribution >= 0.6 is 0 Å². The fourth-order valence-electron chi connectivity index (χ4n) is 0.781. The summed E-state index contributed by atoms with van der Waals surface area (Å²) in [5.74, 6) is -0.511. The Morgan fingerprint density at radius 3 is 2.67 bits per heavy atom. The normalized spacial score (nSPS) is 9.67. The zero-order valence-corrected chi connectivity index (χ0v) is 6.17. The van der Waals surface area contributed by atoms with E-state index in [2.05, 4.69) is 0 Å². The van der Waals surface area contributed by atoms with Gasteiger partial charge in [-0.15, -0.1) is 4.57 Å². The predicted molar refractivity (Wildman–Crippen MR) is 37.2 cm³/mol. The topological polar surface area (TPSA) is 89.2 Å². The fraction of sp³-hybridized carbons (Fsp3) is 0.167. The summed E-state index contributed by atoms with van der Waals surface area (Å²) in [6.07, 6.45) is 2.95. The first kappa shape index (κ1) is 8.25. The molecule has 0 atom stereocenters. The highest BCUT2D eigenvalue weighted by molar-refractivity contribution is 5.72. The smallest absolute Gasteiger partial charge is 0.446 e. The predicted octanol–water partition coefficient (Wildman–Crippen LogP) is -1.21. The molecule has 0 aliphatic rings. The van der Waals surface area contributed by atoms with Crippen LogP contribution in [-0.4, -0.2) is 21.7 Å². The first-order valence-electron chi connectivity index (χ1n) is 3.18. The third-order valence-corrected chi connectivity index (χ3v) is 1.25. The summed E-state index contributed by atoms with van der Waals surface area (Å²) in [6, 6.07) is 0. The second kappa shape index (κ2) is 3.04. The van der Waals surface area contributed by atoms with Gasteiger partial charge in [-0.3, -0.25) is 4.79 Å². The zero-order valence-electron chi connectivity index (χ0n) is 6.17. The Morgan fingerprint density at radius 1 is 1.58 bits per heavy atom. The number of carboxylic acid groups (broad SMARTS) is 1. The van der Waals surface area contributed by atoms with E-state index in [1.165, 1.54) is 23.3 Å². The van der Waals surface area contributed by atoms with E-state index in [0.717, 1.165) is 4.57 Å². The molecule has 64 valence electrons. The number of aromatic nitrogens is 2. The molecule has 6 nitrogen and oxygen atoms in total. The van der Waals surface area contributed by atoms with E-state index >= 15 is 0 Å². The lowest BCUT2D eigenvalue weighted by molar-refractivity contribution is -0.683. The molecule has 0 unspecified atom stereocenters. The summed E-state index contributed by atoms with van der Waals surface area (Å²) in [6.45, 7) is -0.0136. The Hall–Kier alpha value is -1.85. The van der Waals surface area contributed by atoms with Crippen LogP contribution in [0.4, 0.5) is 4.79 Å². The summed E-state index contributed by atoms with van der Waals surface area (Å²) in [7, 11) is 0. The number of hydrogen-bond donors (Lipinski definition) is 2. The van der Waals surface area contributed by atoms with Crippen molar-refractivity contribution in [2.75, 3.05) is 0 Å². The Balaban J connectivity index is 2.77. The highest BCUT2D eigenvalue weighted by Crippen LogP contribution is 1.82. The molecular formula is C6H8N3O3+. The van der Waals surface area contributed by atoms with E-state index in [0.29, 0.717) is 0 Å². The number of imidazole rings is 1. The van der Waals surface area contributed by atoms with Gasteiger partial charge in [0.1, 0.15) is 12.4 Å². The van der Waals surface area contributed by atoms with E-state index in [9.17, 15) is 9.59 Å². The van der Waals surface area contributed by atoms with Crippen LogP contribution in [0, 0.1) is 0 Å². The van der Waals surface area contributed by atoms with E-state index in [1.807, 2.05) is 0 Å². The fourth-order valence-corrected chi connectivity index (χ4v) is 0.781. The number of primary amides is 1. The molecule has 0 radical (unpaired) electrons. The van der Waals surface area contributed by atoms with Crippen LogP contribution in [0.3, 0.4) is 0 Å². The summed E-state index contributed by atoms with van der Waals surface area (Å²) < 4.78 is 2.32. The van der Waals surface area contributed by atoms with Crippen molar-refractivity contribution in [1.29, 1.82) is 0 Å². The Labute approximate surface area is 67.8 Å². The van der Waals surface area contributed by atoms with Crippen LogP contribution in [0.2, 0.25) is 0 Å². The Bertz CT molecular complexity index is 318. The second-order valence-corrected chi connectivity index (χ2v) is 2.24. The van der Waals surface area contributed by atoms with Gasteiger partial charge < -0.3 is 10.8 Å². The molecule has 12 heavy (non-hydrogen) atoms. The molecule has 1 amide bonds. The average molecular weight is 170 g/mol. The molecular weight excluding hydrogens is 162 g/mol. The van der Waals surface area contributed by atoms with Crippen molar-refractivity contribution in [3.8, 4) is 0 Å². The molecule has 1 aromatic heterocycles. The maximum Gasteiger partial charge on any atom is 0.509 e. The van der Waals surface area contributed by atoms with E-state index in [4.69, 9.17) is 10.8 Å². The van der Waals surface area contributed by atoms with Crippen molar-refractivity contribution >= 4 is 12.0 Å². The average Bonchev–Trinajstić information content (AvgIpc) is 2.34. The van der Waals surface area contributed by atoms with Crippen LogP contribution in [0.25, 0.3) is 0 Å². The quantitative estimate of drug-likeness (QED) is 0.545. The van der Waals surface area contributed by atoms with Crippen LogP contribution < -0.4 is 10.3 Å². The lowest BCUT2D eigenvalue weighted by atomic mass is 10.6. The molecule has 1 aromatic rings. The van der Waals surface area contributed by atoms with Gasteiger partial charge in [0.2, 0.25) is 0 Å². The van der Waals surface area contributed by atoms with Crippen molar-refractivity contribution in [3.05, 3.63) is 18.7 Å². The van der Waals surface area contributed by atoms with Gasteiger partial charge in [-0.05, 0) is 0 Å². The summed E-state index contributed by atoms with van der Waals surface area (Å²) in [4.78, 5) is 20.7. The molecule has 0 bridgehead atoms. The van der Waals surface area contributed by atoms with Crippen molar-refractivity contribution in [2.24, 2.45) is 5.73 Å². The number of nitrogens with two attached hydrogens (primary N) is 1. The van der Waals surface area contributed by atoms with Crippen LogP contribution in [0.5, 0.6) is 0 Å². The van der Waals surface area contributed by atoms with Gasteiger partial charge in [0.25, 0.3) is 12.2 Å². The standard InChI is InChI=1S/C6H7N3O3/c7-5(10)3-8-1-2-9(4-8)6(11)12/h1-2,4H,3H2,(H2-,7,10,11,12)/p+1. The van der Waals surface area contributed by atoms with Crippen molar-refractivity contribution in [2.45, 2.75) is 6.54 Å². The van der Waals surface area contributed by atoms with E-state index in [1.54, 1.807) is 0 Å². The molecule has 0 aromatic carbocycles. The molecule has 1 rings (SSSR count). The first-order valence-corrected chi connectivity index (χ1v) is 3.18. The number of carbonyl (C=O) groups excluding carboxylic acids is 1. The first-order chi connectivity index (χ1) is 5.59. The molecule has 6 heteroatoms. The van der Waals surface area contributed by atoms with Crippen molar-refractivity contribution in [3.63, 3.8) is 0 Å². The molecule has 0 saturated carbocycles. The van der Waals surface area contributed by atoms with Gasteiger partial charge in [-0.25, -0.2) is 4.57 Å². The van der Waals surface area contributed by atoms with Gasteiger partial charge in [0, 0.05) is 0 Å². The minimum absolute atomic E-state index is 0.0136. The molecule has 3 N–H and O–H groups in total. The van der Waals surface area contributed by atoms with Gasteiger partial charge in [-0.1, -0.05) is 0 Å². The third-order valence-electron chi connectivity index (χ3n) is 1.25. The molecule has 1 heterocycles. The SMILES string of the molecule is NC(=O)C[n+]1ccn(C(=O)O)c1. The maximum absolute atomic E-state index is 10.4. The molecule has 0 spiro atoms. The highest BCUT2D eigenvalue weighted by atomic mass is 16.4. The summed E-state index contributed by atoms with van der Waals surface area (Å²) in [5.41, 5.74) is 4.89. The van der Waals surface area contributed by atoms with Gasteiger partial charge in [-0.2, -0.15) is 4.79 Å². The molecule has 0 fully saturated rings. The number of rotatable bonds is 2. The lowest BCUT2D eigenvalue weighted by Gasteiger charge is -1.87. The van der Waals surface area contributed by atoms with Crippen molar-refractivity contribution < 1.29 is 19.3 Å². The van der Waals surface area contributed by atoms with E-state index < -0.39 is 12.0 Å². The zero-order chi connectivity index (χ0) is 9.14. The minimum atomic E-state index is -1.10. The number of amides is 1. The third kappa shape index (κ3) is 1.82. The van der Waals surface area contributed by atoms with Gasteiger partial charge in [0.15, 0.2) is 6.54 Å². The minimum Gasteiger partial charge on any atom is -0.446 e. The maximum atomic E-state index is 10.4. The highest BCUT2D eigenvalue weighted by Gasteiger charge is 2.10. The summed E-state index contributed by atoms with van der Waals surface area (Å²) in [5, 5.41) is 8.47. The summed E-state index contributed by atoms with van der Waals surface area (Å²) >= 11 is 0. The van der Waals surface area contributed by atoms with Crippen LogP contribution in [0.1, 0.15) is 0 Å². The van der Waals surface area contributed by atoms with Gasteiger partial charge in [0.05, 0.1) is 0 Å². The largest absolute Gasteiger partial charge is 0.509 e. The van der Waals surface area contributed by atoms with E-state index in [-0.39, 0.29) is 6.54 Å². The molecule has 0 aliphatic carbocycles. The Kier molecular flexibility index (Phi) is 2.09. The van der Waals surface area contributed by atoms with Crippen molar-refractivity contribution in [1.82, 2.24) is 4.57 Å². The van der Waals surface area contributed by atoms with Crippen LogP contribution in [0.15, 0.2) is 18.7 Å².